The number of ether oxygens (including phenoxy) is 1. The fourth-order valence-corrected chi connectivity index (χ4v) is 3.91. The van der Waals surface area contributed by atoms with Crippen LogP contribution in [0.1, 0.15) is 32.7 Å². The Morgan fingerprint density at radius 1 is 0.914 bits per heavy atom. The maximum atomic E-state index is 12.8. The number of esters is 1. The van der Waals surface area contributed by atoms with Gasteiger partial charge < -0.3 is 10.1 Å². The number of amides is 2. The van der Waals surface area contributed by atoms with E-state index in [0.717, 1.165) is 10.5 Å². The molecule has 4 rings (SSSR count). The van der Waals surface area contributed by atoms with Crippen LogP contribution in [0, 0.1) is 0 Å². The highest BCUT2D eigenvalue weighted by molar-refractivity contribution is 6.42. The molecular formula is C26H20Cl2N2O5. The molecule has 1 heterocycles. The van der Waals surface area contributed by atoms with Crippen molar-refractivity contribution >= 4 is 52.5 Å². The second kappa shape index (κ2) is 10.8. The average molecular weight is 511 g/mol. The van der Waals surface area contributed by atoms with Gasteiger partial charge in [-0.2, -0.15) is 0 Å². The number of hydrogen-bond acceptors (Lipinski definition) is 6. The number of Topliss-reactive ketones (excluding diaryl/α,β-unsaturated/α-hetero) is 1. The highest BCUT2D eigenvalue weighted by atomic mass is 35.5. The fourth-order valence-electron chi connectivity index (χ4n) is 3.61. The number of nitrogens with one attached hydrogen (secondary N) is 1. The minimum Gasteiger partial charge on any atom is -0.454 e. The Morgan fingerprint density at radius 2 is 1.60 bits per heavy atom. The van der Waals surface area contributed by atoms with Crippen molar-refractivity contribution in [3.63, 3.8) is 0 Å². The van der Waals surface area contributed by atoms with E-state index in [1.54, 1.807) is 0 Å². The number of hydrogen-bond donors (Lipinski definition) is 1. The normalized spacial score (nSPS) is 15.4. The van der Waals surface area contributed by atoms with Crippen molar-refractivity contribution in [2.45, 2.75) is 19.0 Å². The van der Waals surface area contributed by atoms with Crippen LogP contribution >= 0.6 is 23.2 Å². The Hall–Kier alpha value is -3.52. The van der Waals surface area contributed by atoms with Crippen molar-refractivity contribution in [3.8, 4) is 0 Å². The number of nitrogens with zero attached hydrogens (tertiary/aromatic N) is 1. The number of halogens is 2. The molecule has 35 heavy (non-hydrogen) atoms. The van der Waals surface area contributed by atoms with E-state index in [2.05, 4.69) is 5.32 Å². The zero-order chi connectivity index (χ0) is 24.9. The summed E-state index contributed by atoms with van der Waals surface area (Å²) in [7, 11) is 0. The van der Waals surface area contributed by atoms with Gasteiger partial charge in [0.2, 0.25) is 5.91 Å². The van der Waals surface area contributed by atoms with Crippen molar-refractivity contribution in [2.75, 3.05) is 11.5 Å². The summed E-state index contributed by atoms with van der Waals surface area (Å²) >= 11 is 11.8. The van der Waals surface area contributed by atoms with E-state index >= 15 is 0 Å². The summed E-state index contributed by atoms with van der Waals surface area (Å²) in [5.74, 6) is -1.83. The highest BCUT2D eigenvalue weighted by Crippen LogP contribution is 2.25. The molecule has 0 aromatic heterocycles. The van der Waals surface area contributed by atoms with Crippen LogP contribution < -0.4 is 10.2 Å². The average Bonchev–Trinajstić information content (AvgIpc) is 3.16. The van der Waals surface area contributed by atoms with E-state index in [1.165, 1.54) is 42.5 Å². The van der Waals surface area contributed by atoms with E-state index in [1.807, 2.05) is 30.3 Å². The van der Waals surface area contributed by atoms with Gasteiger partial charge in [-0.05, 0) is 48.0 Å². The monoisotopic (exact) mass is 510 g/mol. The van der Waals surface area contributed by atoms with E-state index in [9.17, 15) is 19.2 Å². The highest BCUT2D eigenvalue weighted by Gasteiger charge is 2.39. The topological polar surface area (TPSA) is 92.8 Å². The van der Waals surface area contributed by atoms with Crippen LogP contribution in [0.25, 0.3) is 0 Å². The summed E-state index contributed by atoms with van der Waals surface area (Å²) in [6.45, 7) is -0.0134. The molecule has 0 bridgehead atoms. The molecule has 0 spiro atoms. The summed E-state index contributed by atoms with van der Waals surface area (Å²) < 4.78 is 5.09. The smallest absolute Gasteiger partial charge is 0.338 e. The van der Waals surface area contributed by atoms with E-state index in [4.69, 9.17) is 27.9 Å². The molecule has 1 N–H and O–H groups in total. The van der Waals surface area contributed by atoms with Crippen molar-refractivity contribution in [1.29, 1.82) is 0 Å². The van der Waals surface area contributed by atoms with Gasteiger partial charge in [-0.3, -0.25) is 14.4 Å². The Morgan fingerprint density at radius 3 is 2.29 bits per heavy atom. The summed E-state index contributed by atoms with van der Waals surface area (Å²) in [6, 6.07) is 19.2. The molecule has 1 saturated heterocycles. The Labute approximate surface area is 211 Å². The zero-order valence-corrected chi connectivity index (χ0v) is 19.9. The Kier molecular flexibility index (Phi) is 7.60. The lowest BCUT2D eigenvalue weighted by Gasteiger charge is -2.16. The summed E-state index contributed by atoms with van der Waals surface area (Å²) in [4.78, 5) is 51.0. The molecule has 2 amide bonds. The van der Waals surface area contributed by atoms with E-state index < -0.39 is 24.4 Å². The standard InChI is InChI=1S/C26H20Cl2N2O5/c27-20-11-8-18(12-21(20)28)23(31)15-35-26(34)17-6-9-19(10-7-17)30-24(32)13-22(25(30)33)29-14-16-4-2-1-3-5-16/h1-12,22,29H,13-15H2. The van der Waals surface area contributed by atoms with Gasteiger partial charge in [0.1, 0.15) is 0 Å². The predicted molar refractivity (Wildman–Crippen MR) is 132 cm³/mol. The van der Waals surface area contributed by atoms with Gasteiger partial charge in [0, 0.05) is 12.1 Å². The van der Waals surface area contributed by atoms with Crippen molar-refractivity contribution in [3.05, 3.63) is 99.5 Å². The number of carbonyl (C=O) groups excluding carboxylic acids is 4. The van der Waals surface area contributed by atoms with Crippen LogP contribution in [0.15, 0.2) is 72.8 Å². The van der Waals surface area contributed by atoms with Crippen LogP contribution in [-0.2, 0) is 20.9 Å². The largest absolute Gasteiger partial charge is 0.454 e. The van der Waals surface area contributed by atoms with Crippen molar-refractivity contribution < 1.29 is 23.9 Å². The van der Waals surface area contributed by atoms with Gasteiger partial charge in [-0.1, -0.05) is 53.5 Å². The van der Waals surface area contributed by atoms with Crippen LogP contribution in [-0.4, -0.2) is 36.2 Å². The van der Waals surface area contributed by atoms with Crippen LogP contribution in [0.4, 0.5) is 5.69 Å². The molecule has 178 valence electrons. The second-order valence-corrected chi connectivity index (χ2v) is 8.68. The Bertz CT molecular complexity index is 1280. The Balaban J connectivity index is 1.34. The molecule has 1 fully saturated rings. The number of carbonyl (C=O) groups is 4. The molecule has 7 nitrogen and oxygen atoms in total. The quantitative estimate of drug-likeness (QED) is 0.273. The first-order chi connectivity index (χ1) is 16.8. The maximum Gasteiger partial charge on any atom is 0.338 e. The van der Waals surface area contributed by atoms with Crippen LogP contribution in [0.5, 0.6) is 0 Å². The second-order valence-electron chi connectivity index (χ2n) is 7.87. The van der Waals surface area contributed by atoms with Gasteiger partial charge in [-0.15, -0.1) is 0 Å². The first-order valence-corrected chi connectivity index (χ1v) is 11.5. The van der Waals surface area contributed by atoms with Crippen molar-refractivity contribution in [1.82, 2.24) is 5.32 Å². The summed E-state index contributed by atoms with van der Waals surface area (Å²) in [5, 5.41) is 3.66. The van der Waals surface area contributed by atoms with Crippen molar-refractivity contribution in [2.24, 2.45) is 0 Å². The molecule has 9 heteroatoms. The van der Waals surface area contributed by atoms with Gasteiger partial charge in [0.25, 0.3) is 5.91 Å². The fraction of sp³-hybridized carbons (Fsp3) is 0.154. The lowest BCUT2D eigenvalue weighted by Crippen LogP contribution is -2.38. The third-order valence-corrected chi connectivity index (χ3v) is 6.22. The van der Waals surface area contributed by atoms with Gasteiger partial charge in [0.05, 0.1) is 33.8 Å². The molecule has 3 aromatic carbocycles. The van der Waals surface area contributed by atoms with Gasteiger partial charge >= 0.3 is 5.97 Å². The summed E-state index contributed by atoms with van der Waals surface area (Å²) in [6.07, 6.45) is 0.0479. The molecular weight excluding hydrogens is 491 g/mol. The third-order valence-electron chi connectivity index (χ3n) is 5.48. The molecule has 1 aliphatic rings. The number of imide groups is 1. The predicted octanol–water partition coefficient (Wildman–Crippen LogP) is 4.45. The van der Waals surface area contributed by atoms with Gasteiger partial charge in [0.15, 0.2) is 12.4 Å². The van der Waals surface area contributed by atoms with Crippen LogP contribution in [0.3, 0.4) is 0 Å². The molecule has 0 radical (unpaired) electrons. The number of rotatable bonds is 8. The number of anilines is 1. The molecule has 1 aliphatic heterocycles. The third kappa shape index (κ3) is 5.77. The molecule has 1 unspecified atom stereocenters. The van der Waals surface area contributed by atoms with E-state index in [0.29, 0.717) is 17.3 Å². The minimum atomic E-state index is -0.716. The van der Waals surface area contributed by atoms with E-state index in [-0.39, 0.29) is 34.4 Å². The summed E-state index contributed by atoms with van der Waals surface area (Å²) in [5.41, 5.74) is 1.80. The SMILES string of the molecule is O=C(COC(=O)c1ccc(N2C(=O)CC(NCc3ccccc3)C2=O)cc1)c1ccc(Cl)c(Cl)c1. The molecule has 0 aliphatic carbocycles. The maximum absolute atomic E-state index is 12.8. The zero-order valence-electron chi connectivity index (χ0n) is 18.4. The van der Waals surface area contributed by atoms with Gasteiger partial charge in [-0.25, -0.2) is 9.69 Å². The molecule has 1 atom stereocenters. The molecule has 3 aromatic rings. The lowest BCUT2D eigenvalue weighted by molar-refractivity contribution is -0.121. The number of ketones is 1. The molecule has 0 saturated carbocycles. The van der Waals surface area contributed by atoms with Crippen LogP contribution in [0.2, 0.25) is 10.0 Å². The first kappa shape index (κ1) is 24.6. The first-order valence-electron chi connectivity index (χ1n) is 10.7. The minimum absolute atomic E-state index is 0.0479. The lowest BCUT2D eigenvalue weighted by atomic mass is 10.1. The number of benzene rings is 3.